The van der Waals surface area contributed by atoms with E-state index >= 15 is 0 Å². The summed E-state index contributed by atoms with van der Waals surface area (Å²) in [6, 6.07) is 0. The molecule has 8 heavy (non-hydrogen) atoms. The minimum absolute atomic E-state index is 0.354. The van der Waals surface area contributed by atoms with Crippen molar-refractivity contribution in [2.24, 2.45) is 0 Å². The maximum atomic E-state index is 10.2. The Kier molecular flexibility index (Phi) is 1.72. The molecule has 3 nitrogen and oxygen atoms in total. The molecule has 1 aliphatic heterocycles. The summed E-state index contributed by atoms with van der Waals surface area (Å²) in [6.45, 7) is 0.530. The molecule has 1 amide bonds. The minimum Gasteiger partial charge on any atom is -0.412 e. The summed E-state index contributed by atoms with van der Waals surface area (Å²) < 4.78 is 6.35. The summed E-state index contributed by atoms with van der Waals surface area (Å²) >= 11 is 2.02. The van der Waals surface area contributed by atoms with Crippen molar-refractivity contribution in [1.29, 1.82) is 0 Å². The van der Waals surface area contributed by atoms with E-state index in [1.165, 1.54) is 0 Å². The van der Waals surface area contributed by atoms with E-state index in [9.17, 15) is 4.79 Å². The monoisotopic (exact) mass is 225 g/mol. The second-order valence-corrected chi connectivity index (χ2v) is 1.94. The first-order chi connectivity index (χ1) is 3.83. The Labute approximate surface area is 60.2 Å². The van der Waals surface area contributed by atoms with E-state index in [-0.39, 0.29) is 6.09 Å². The summed E-state index contributed by atoms with van der Waals surface area (Å²) in [6.07, 6.45) is -0.354. The standard InChI is InChI=1S/C4H4INO2/c5-1-3-2-6-4(7)8-3/h1H,2H2,(H,6,7)/b3-1+. The second kappa shape index (κ2) is 2.34. The van der Waals surface area contributed by atoms with Gasteiger partial charge in [-0.2, -0.15) is 0 Å². The molecule has 0 saturated carbocycles. The van der Waals surface area contributed by atoms with E-state index in [4.69, 9.17) is 0 Å². The number of carbonyl (C=O) groups is 1. The van der Waals surface area contributed by atoms with Gasteiger partial charge in [-0.15, -0.1) is 0 Å². The van der Waals surface area contributed by atoms with Crippen molar-refractivity contribution in [1.82, 2.24) is 5.32 Å². The number of hydrogen-bond donors (Lipinski definition) is 1. The fraction of sp³-hybridized carbons (Fsp3) is 0.250. The van der Waals surface area contributed by atoms with E-state index < -0.39 is 0 Å². The predicted octanol–water partition coefficient (Wildman–Crippen LogP) is 1.00. The molecular formula is C4H4INO2. The first-order valence-electron chi connectivity index (χ1n) is 2.08. The molecule has 0 aromatic rings. The summed E-state index contributed by atoms with van der Waals surface area (Å²) in [7, 11) is 0. The van der Waals surface area contributed by atoms with E-state index in [0.29, 0.717) is 12.3 Å². The van der Waals surface area contributed by atoms with E-state index in [0.717, 1.165) is 0 Å². The van der Waals surface area contributed by atoms with Crippen molar-refractivity contribution in [3.05, 3.63) is 9.84 Å². The molecule has 4 heteroatoms. The van der Waals surface area contributed by atoms with Crippen molar-refractivity contribution in [2.75, 3.05) is 6.54 Å². The molecule has 0 bridgehead atoms. The third kappa shape index (κ3) is 1.12. The number of hydrogen-bond acceptors (Lipinski definition) is 2. The van der Waals surface area contributed by atoms with Gasteiger partial charge in [0.25, 0.3) is 0 Å². The lowest BCUT2D eigenvalue weighted by molar-refractivity contribution is 0.195. The van der Waals surface area contributed by atoms with Gasteiger partial charge in [0.1, 0.15) is 5.76 Å². The molecule has 1 heterocycles. The van der Waals surface area contributed by atoms with Gasteiger partial charge in [0.15, 0.2) is 0 Å². The van der Waals surface area contributed by atoms with Gasteiger partial charge >= 0.3 is 6.09 Å². The van der Waals surface area contributed by atoms with E-state index in [1.54, 1.807) is 4.08 Å². The maximum Gasteiger partial charge on any atom is 0.412 e. The van der Waals surface area contributed by atoms with Crippen molar-refractivity contribution in [3.63, 3.8) is 0 Å². The minimum atomic E-state index is -0.354. The highest BCUT2D eigenvalue weighted by Crippen LogP contribution is 2.05. The van der Waals surface area contributed by atoms with Crippen LogP contribution in [-0.2, 0) is 4.74 Å². The summed E-state index contributed by atoms with van der Waals surface area (Å²) in [5.74, 6) is 0.690. The first kappa shape index (κ1) is 5.87. The Morgan fingerprint density at radius 1 is 1.88 bits per heavy atom. The van der Waals surface area contributed by atoms with Gasteiger partial charge in [0.2, 0.25) is 0 Å². The Bertz CT molecular complexity index is 143. The van der Waals surface area contributed by atoms with Gasteiger partial charge in [0.05, 0.1) is 6.54 Å². The third-order valence-electron chi connectivity index (χ3n) is 0.752. The molecule has 0 aromatic carbocycles. The van der Waals surface area contributed by atoms with Crippen LogP contribution in [0.5, 0.6) is 0 Å². The average Bonchev–Trinajstić information content (AvgIpc) is 2.14. The van der Waals surface area contributed by atoms with Gasteiger partial charge in [0, 0.05) is 4.08 Å². The zero-order valence-electron chi connectivity index (χ0n) is 3.98. The quantitative estimate of drug-likeness (QED) is 0.624. The summed E-state index contributed by atoms with van der Waals surface area (Å²) in [4.78, 5) is 10.2. The number of carbonyl (C=O) groups excluding carboxylic acids is 1. The Hall–Kier alpha value is -0.260. The van der Waals surface area contributed by atoms with Crippen LogP contribution in [0.2, 0.25) is 0 Å². The highest BCUT2D eigenvalue weighted by Gasteiger charge is 2.13. The smallest absolute Gasteiger partial charge is 0.412 e. The van der Waals surface area contributed by atoms with Crippen LogP contribution in [0, 0.1) is 0 Å². The zero-order chi connectivity index (χ0) is 5.98. The molecule has 0 atom stereocenters. The normalized spacial score (nSPS) is 23.1. The first-order valence-corrected chi connectivity index (χ1v) is 3.32. The highest BCUT2D eigenvalue weighted by atomic mass is 127. The third-order valence-corrected chi connectivity index (χ3v) is 1.45. The number of rotatable bonds is 0. The number of amides is 1. The zero-order valence-corrected chi connectivity index (χ0v) is 6.14. The molecule has 0 aliphatic carbocycles. The number of alkyl carbamates (subject to hydrolysis) is 1. The lowest BCUT2D eigenvalue weighted by atomic mass is 10.6. The van der Waals surface area contributed by atoms with Crippen molar-refractivity contribution in [2.45, 2.75) is 0 Å². The topological polar surface area (TPSA) is 38.3 Å². The van der Waals surface area contributed by atoms with Crippen LogP contribution in [0.4, 0.5) is 4.79 Å². The Balaban J connectivity index is 2.56. The number of ether oxygens (including phenoxy) is 1. The van der Waals surface area contributed by atoms with Crippen LogP contribution in [0.1, 0.15) is 0 Å². The molecule has 1 rings (SSSR count). The lowest BCUT2D eigenvalue weighted by Gasteiger charge is -1.85. The van der Waals surface area contributed by atoms with Crippen LogP contribution in [-0.4, -0.2) is 12.6 Å². The fourth-order valence-corrected chi connectivity index (χ4v) is 0.759. The van der Waals surface area contributed by atoms with Crippen LogP contribution in [0.15, 0.2) is 9.84 Å². The van der Waals surface area contributed by atoms with Crippen LogP contribution >= 0.6 is 22.6 Å². The average molecular weight is 225 g/mol. The Morgan fingerprint density at radius 2 is 2.62 bits per heavy atom. The number of halogens is 1. The second-order valence-electron chi connectivity index (χ2n) is 1.32. The van der Waals surface area contributed by atoms with Gasteiger partial charge < -0.3 is 10.1 Å². The van der Waals surface area contributed by atoms with E-state index in [1.807, 2.05) is 22.6 Å². The fourth-order valence-electron chi connectivity index (χ4n) is 0.411. The van der Waals surface area contributed by atoms with E-state index in [2.05, 4.69) is 10.1 Å². The Morgan fingerprint density at radius 3 is 2.88 bits per heavy atom. The molecule has 1 aliphatic rings. The number of cyclic esters (lactones) is 1. The molecule has 1 saturated heterocycles. The lowest BCUT2D eigenvalue weighted by Crippen LogP contribution is -2.11. The van der Waals surface area contributed by atoms with Crippen molar-refractivity contribution >= 4 is 28.7 Å². The van der Waals surface area contributed by atoms with Gasteiger partial charge in [-0.25, -0.2) is 4.79 Å². The highest BCUT2D eigenvalue weighted by molar-refractivity contribution is 14.1. The molecule has 0 aromatic heterocycles. The van der Waals surface area contributed by atoms with Crippen LogP contribution < -0.4 is 5.32 Å². The van der Waals surface area contributed by atoms with Gasteiger partial charge in [-0.05, 0) is 22.6 Å². The summed E-state index contributed by atoms with van der Waals surface area (Å²) in [5, 5.41) is 2.49. The molecule has 1 fully saturated rings. The largest absolute Gasteiger partial charge is 0.412 e. The predicted molar refractivity (Wildman–Crippen MR) is 36.6 cm³/mol. The maximum absolute atomic E-state index is 10.2. The SMILES string of the molecule is O=C1NC/C(=C\I)O1. The van der Waals surface area contributed by atoms with Crippen molar-refractivity contribution in [3.8, 4) is 0 Å². The molecular weight excluding hydrogens is 221 g/mol. The molecule has 1 N–H and O–H groups in total. The number of nitrogens with one attached hydrogen (secondary N) is 1. The summed E-state index contributed by atoms with van der Waals surface area (Å²) in [5.41, 5.74) is 0. The van der Waals surface area contributed by atoms with Crippen molar-refractivity contribution < 1.29 is 9.53 Å². The molecule has 0 spiro atoms. The molecule has 44 valence electrons. The van der Waals surface area contributed by atoms with Crippen LogP contribution in [0.25, 0.3) is 0 Å². The molecule has 0 radical (unpaired) electrons. The van der Waals surface area contributed by atoms with Gasteiger partial charge in [-0.3, -0.25) is 0 Å². The van der Waals surface area contributed by atoms with Crippen LogP contribution in [0.3, 0.4) is 0 Å². The molecule has 0 unspecified atom stereocenters. The van der Waals surface area contributed by atoms with Gasteiger partial charge in [-0.1, -0.05) is 0 Å².